The third kappa shape index (κ3) is 4.88. The fourth-order valence-corrected chi connectivity index (χ4v) is 4.68. The van der Waals surface area contributed by atoms with Gasteiger partial charge in [0.05, 0.1) is 35.2 Å². The maximum absolute atomic E-state index is 12.7. The van der Waals surface area contributed by atoms with Gasteiger partial charge in [0.2, 0.25) is 0 Å². The summed E-state index contributed by atoms with van der Waals surface area (Å²) in [5.41, 5.74) is 4.40. The number of aromatic nitrogens is 3. The molecule has 2 aromatic carbocycles. The molecule has 9 heteroatoms. The number of methoxy groups -OCH3 is 1. The number of hydrogen-bond donors (Lipinski definition) is 2. The summed E-state index contributed by atoms with van der Waals surface area (Å²) in [6.45, 7) is 1.56. The number of amides is 1. The van der Waals surface area contributed by atoms with E-state index in [1.165, 1.54) is 0 Å². The number of carbonyl (C=O) groups excluding carboxylic acids is 1. The van der Waals surface area contributed by atoms with E-state index in [2.05, 4.69) is 31.6 Å². The summed E-state index contributed by atoms with van der Waals surface area (Å²) in [5, 5.41) is 6.49. The van der Waals surface area contributed by atoms with Crippen LogP contribution in [0.15, 0.2) is 60.4 Å². The topological polar surface area (TPSA) is 92.3 Å². The van der Waals surface area contributed by atoms with Crippen molar-refractivity contribution in [3.63, 3.8) is 0 Å². The van der Waals surface area contributed by atoms with Crippen LogP contribution in [0, 0.1) is 0 Å². The molecular formula is C24H24N6O2S. The van der Waals surface area contributed by atoms with Crippen molar-refractivity contribution in [2.24, 2.45) is 0 Å². The van der Waals surface area contributed by atoms with Crippen molar-refractivity contribution < 1.29 is 9.53 Å². The SMILES string of the molecule is COc1ccc(C(=O)N[C@@H]2CCCN(c3cncc(Nc4ccc5ncsc5c4)n3)C2)cc1. The maximum Gasteiger partial charge on any atom is 0.251 e. The lowest BCUT2D eigenvalue weighted by Gasteiger charge is -2.34. The zero-order valence-corrected chi connectivity index (χ0v) is 19.0. The molecule has 33 heavy (non-hydrogen) atoms. The molecule has 4 aromatic rings. The van der Waals surface area contributed by atoms with Crippen molar-refractivity contribution >= 4 is 44.8 Å². The number of nitrogens with one attached hydrogen (secondary N) is 2. The second-order valence-electron chi connectivity index (χ2n) is 7.91. The number of hydrogen-bond acceptors (Lipinski definition) is 8. The van der Waals surface area contributed by atoms with Crippen molar-refractivity contribution in [3.05, 3.63) is 65.9 Å². The van der Waals surface area contributed by atoms with Crippen LogP contribution in [0.4, 0.5) is 17.3 Å². The Hall–Kier alpha value is -3.72. The number of rotatable bonds is 6. The van der Waals surface area contributed by atoms with Crippen LogP contribution in [-0.2, 0) is 0 Å². The maximum atomic E-state index is 12.7. The molecule has 1 aliphatic rings. The molecule has 8 nitrogen and oxygen atoms in total. The van der Waals surface area contributed by atoms with Gasteiger partial charge in [0.25, 0.3) is 5.91 Å². The van der Waals surface area contributed by atoms with Crippen molar-refractivity contribution in [1.29, 1.82) is 0 Å². The van der Waals surface area contributed by atoms with Crippen LogP contribution in [0.1, 0.15) is 23.2 Å². The molecule has 0 aliphatic carbocycles. The second kappa shape index (κ2) is 9.41. The van der Waals surface area contributed by atoms with E-state index >= 15 is 0 Å². The Bertz CT molecular complexity index is 1260. The highest BCUT2D eigenvalue weighted by Crippen LogP contribution is 2.25. The van der Waals surface area contributed by atoms with Gasteiger partial charge in [-0.2, -0.15) is 0 Å². The Balaban J connectivity index is 1.24. The molecule has 2 N–H and O–H groups in total. The summed E-state index contributed by atoms with van der Waals surface area (Å²) in [4.78, 5) is 28.3. The Labute approximate surface area is 195 Å². The van der Waals surface area contributed by atoms with E-state index in [0.29, 0.717) is 17.9 Å². The van der Waals surface area contributed by atoms with Crippen LogP contribution in [0.5, 0.6) is 5.75 Å². The summed E-state index contributed by atoms with van der Waals surface area (Å²) in [6.07, 6.45) is 5.38. The number of ether oxygens (including phenoxy) is 1. The Kier molecular flexibility index (Phi) is 6.03. The standard InChI is InChI=1S/C24H24N6O2S/c1-32-19-7-4-16(5-8-19)24(31)28-18-3-2-10-30(14-18)23-13-25-12-22(29-23)27-17-6-9-20-21(11-17)33-15-26-20/h4-9,11-13,15,18H,2-3,10,14H2,1H3,(H,27,29)(H,28,31)/t18-/m1/s1. The normalized spacial score (nSPS) is 15.9. The monoisotopic (exact) mass is 460 g/mol. The van der Waals surface area contributed by atoms with Gasteiger partial charge in [-0.25, -0.2) is 9.97 Å². The summed E-state index contributed by atoms with van der Waals surface area (Å²) >= 11 is 1.61. The number of anilines is 3. The number of carbonyl (C=O) groups is 1. The summed E-state index contributed by atoms with van der Waals surface area (Å²) in [6, 6.07) is 13.2. The first-order valence-electron chi connectivity index (χ1n) is 10.8. The predicted molar refractivity (Wildman–Crippen MR) is 131 cm³/mol. The molecule has 1 saturated heterocycles. The van der Waals surface area contributed by atoms with E-state index < -0.39 is 0 Å². The highest BCUT2D eigenvalue weighted by Gasteiger charge is 2.23. The van der Waals surface area contributed by atoms with Gasteiger partial charge in [-0.15, -0.1) is 11.3 Å². The minimum Gasteiger partial charge on any atom is -0.497 e. The van der Waals surface area contributed by atoms with Gasteiger partial charge >= 0.3 is 0 Å². The predicted octanol–water partition coefficient (Wildman–Crippen LogP) is 4.24. The quantitative estimate of drug-likeness (QED) is 0.445. The molecule has 1 amide bonds. The third-order valence-electron chi connectivity index (χ3n) is 5.66. The van der Waals surface area contributed by atoms with Crippen molar-refractivity contribution in [3.8, 4) is 5.75 Å². The molecule has 5 rings (SSSR count). The first-order valence-corrected chi connectivity index (χ1v) is 11.7. The van der Waals surface area contributed by atoms with Crippen LogP contribution in [-0.4, -0.2) is 47.1 Å². The zero-order chi connectivity index (χ0) is 22.6. The van der Waals surface area contributed by atoms with E-state index in [4.69, 9.17) is 9.72 Å². The highest BCUT2D eigenvalue weighted by atomic mass is 32.1. The van der Waals surface area contributed by atoms with Crippen LogP contribution in [0.3, 0.4) is 0 Å². The van der Waals surface area contributed by atoms with Crippen LogP contribution in [0.2, 0.25) is 0 Å². The van der Waals surface area contributed by atoms with Gasteiger partial charge in [0.1, 0.15) is 11.6 Å². The van der Waals surface area contributed by atoms with Crippen molar-refractivity contribution in [2.75, 3.05) is 30.4 Å². The average Bonchev–Trinajstić information content (AvgIpc) is 3.32. The van der Waals surface area contributed by atoms with Crippen LogP contribution in [0.25, 0.3) is 10.2 Å². The summed E-state index contributed by atoms with van der Waals surface area (Å²) in [5.74, 6) is 2.13. The molecule has 1 fully saturated rings. The summed E-state index contributed by atoms with van der Waals surface area (Å²) in [7, 11) is 1.61. The van der Waals surface area contributed by atoms with E-state index in [1.54, 1.807) is 55.1 Å². The smallest absolute Gasteiger partial charge is 0.251 e. The molecule has 0 spiro atoms. The molecule has 0 radical (unpaired) electrons. The van der Waals surface area contributed by atoms with Crippen molar-refractivity contribution in [2.45, 2.75) is 18.9 Å². The molecule has 2 aromatic heterocycles. The Morgan fingerprint density at radius 3 is 2.91 bits per heavy atom. The first-order chi connectivity index (χ1) is 16.2. The lowest BCUT2D eigenvalue weighted by Crippen LogP contribution is -2.48. The van der Waals surface area contributed by atoms with Crippen LogP contribution >= 0.6 is 11.3 Å². The third-order valence-corrected chi connectivity index (χ3v) is 6.45. The minimum absolute atomic E-state index is 0.0421. The number of benzene rings is 2. The number of piperidine rings is 1. The zero-order valence-electron chi connectivity index (χ0n) is 18.2. The average molecular weight is 461 g/mol. The van der Waals surface area contributed by atoms with E-state index in [1.807, 2.05) is 17.6 Å². The van der Waals surface area contributed by atoms with Crippen molar-refractivity contribution in [1.82, 2.24) is 20.3 Å². The molecule has 0 saturated carbocycles. The van der Waals surface area contributed by atoms with Gasteiger partial charge < -0.3 is 20.3 Å². The van der Waals surface area contributed by atoms with Crippen LogP contribution < -0.4 is 20.3 Å². The molecule has 0 bridgehead atoms. The lowest BCUT2D eigenvalue weighted by atomic mass is 10.0. The number of nitrogens with zero attached hydrogens (tertiary/aromatic N) is 4. The van der Waals surface area contributed by atoms with Gasteiger partial charge in [-0.05, 0) is 55.3 Å². The minimum atomic E-state index is -0.0792. The number of thiazole rings is 1. The van der Waals surface area contributed by atoms with Gasteiger partial charge in [0.15, 0.2) is 5.82 Å². The largest absolute Gasteiger partial charge is 0.497 e. The Morgan fingerprint density at radius 1 is 1.18 bits per heavy atom. The van der Waals surface area contributed by atoms with Gasteiger partial charge in [0, 0.05) is 30.4 Å². The fraction of sp³-hybridized carbons (Fsp3) is 0.250. The molecule has 168 valence electrons. The summed E-state index contributed by atoms with van der Waals surface area (Å²) < 4.78 is 6.29. The molecule has 0 unspecified atom stereocenters. The molecule has 3 heterocycles. The van der Waals surface area contributed by atoms with Gasteiger partial charge in [-0.1, -0.05) is 0 Å². The highest BCUT2D eigenvalue weighted by molar-refractivity contribution is 7.16. The van der Waals surface area contributed by atoms with Gasteiger partial charge in [-0.3, -0.25) is 9.78 Å². The molecular weight excluding hydrogens is 436 g/mol. The van der Waals surface area contributed by atoms with E-state index in [0.717, 1.165) is 46.9 Å². The Morgan fingerprint density at radius 2 is 2.06 bits per heavy atom. The molecule has 1 aliphatic heterocycles. The molecule has 1 atom stereocenters. The number of fused-ring (bicyclic) bond motifs is 1. The van der Waals surface area contributed by atoms with E-state index in [9.17, 15) is 4.79 Å². The lowest BCUT2D eigenvalue weighted by molar-refractivity contribution is 0.0933. The second-order valence-corrected chi connectivity index (χ2v) is 8.80. The van der Waals surface area contributed by atoms with E-state index in [-0.39, 0.29) is 11.9 Å². The fourth-order valence-electron chi connectivity index (χ4n) is 3.96. The first kappa shape index (κ1) is 21.1.